The summed E-state index contributed by atoms with van der Waals surface area (Å²) >= 11 is 0. The smallest absolute Gasteiger partial charge is 0.326 e. The largest absolute Gasteiger partial charge is 0.481 e. The van der Waals surface area contributed by atoms with Crippen LogP contribution in [0, 0.1) is 0 Å². The van der Waals surface area contributed by atoms with E-state index in [0.717, 1.165) is 5.56 Å². The van der Waals surface area contributed by atoms with Crippen LogP contribution >= 0.6 is 0 Å². The van der Waals surface area contributed by atoms with Crippen LogP contribution in [0.4, 0.5) is 11.8 Å². The number of nitrogens with zero attached hydrogens (tertiary/aromatic N) is 1. The molecule has 0 aliphatic carbocycles. The molecule has 2 aromatic rings. The van der Waals surface area contributed by atoms with Crippen LogP contribution < -0.4 is 21.9 Å². The topological polar surface area (TPSA) is 205 Å². The SMILES string of the molecule is Nc1nc2c(c(=O)[nH]1)[C@@H](CCc1ccc(C(=O)N[C@@H](CCC(=O)O)C(=O)O)cc1)C(=O)N2. The number of aliphatic carboxylic acids is 2. The third kappa shape index (κ3) is 5.09. The van der Waals surface area contributed by atoms with E-state index in [-0.39, 0.29) is 41.6 Å². The van der Waals surface area contributed by atoms with Crippen molar-refractivity contribution in [3.05, 3.63) is 51.3 Å². The van der Waals surface area contributed by atoms with E-state index >= 15 is 0 Å². The van der Waals surface area contributed by atoms with Crippen LogP contribution in [0.15, 0.2) is 29.1 Å². The second-order valence-corrected chi connectivity index (χ2v) is 7.29. The molecule has 0 saturated carbocycles. The summed E-state index contributed by atoms with van der Waals surface area (Å²) < 4.78 is 0. The average Bonchev–Trinajstić information content (AvgIpc) is 3.04. The fourth-order valence-electron chi connectivity index (χ4n) is 3.43. The summed E-state index contributed by atoms with van der Waals surface area (Å²) in [4.78, 5) is 64.9. The summed E-state index contributed by atoms with van der Waals surface area (Å²) in [5.41, 5.74) is 6.26. The number of carbonyl (C=O) groups excluding carboxylic acids is 2. The van der Waals surface area contributed by atoms with Gasteiger partial charge in [-0.25, -0.2) is 4.79 Å². The summed E-state index contributed by atoms with van der Waals surface area (Å²) in [6.07, 6.45) is 0.132. The van der Waals surface area contributed by atoms with Gasteiger partial charge in [0.25, 0.3) is 11.5 Å². The quantitative estimate of drug-likeness (QED) is 0.310. The van der Waals surface area contributed by atoms with E-state index in [0.29, 0.717) is 12.8 Å². The van der Waals surface area contributed by atoms with E-state index in [1.165, 1.54) is 12.1 Å². The van der Waals surface area contributed by atoms with Gasteiger partial charge < -0.3 is 26.6 Å². The van der Waals surface area contributed by atoms with E-state index in [9.17, 15) is 24.0 Å². The number of aromatic nitrogens is 2. The third-order valence-corrected chi connectivity index (χ3v) is 5.07. The Morgan fingerprint density at radius 2 is 1.84 bits per heavy atom. The number of aryl methyl sites for hydroxylation is 1. The number of carboxylic acids is 2. The zero-order valence-corrected chi connectivity index (χ0v) is 16.8. The van der Waals surface area contributed by atoms with Gasteiger partial charge in [0.15, 0.2) is 0 Å². The molecule has 32 heavy (non-hydrogen) atoms. The average molecular weight is 443 g/mol. The molecule has 0 fully saturated rings. The second kappa shape index (κ2) is 9.29. The van der Waals surface area contributed by atoms with E-state index in [1.807, 2.05) is 0 Å². The Kier molecular flexibility index (Phi) is 6.52. The molecular weight excluding hydrogens is 422 g/mol. The van der Waals surface area contributed by atoms with Crippen molar-refractivity contribution in [2.45, 2.75) is 37.6 Å². The summed E-state index contributed by atoms with van der Waals surface area (Å²) in [6.45, 7) is 0. The summed E-state index contributed by atoms with van der Waals surface area (Å²) in [7, 11) is 0. The first-order valence-corrected chi connectivity index (χ1v) is 9.70. The molecule has 0 bridgehead atoms. The molecule has 12 nitrogen and oxygen atoms in total. The summed E-state index contributed by atoms with van der Waals surface area (Å²) in [6, 6.07) is 4.99. The number of H-pyrrole nitrogens is 1. The molecule has 0 radical (unpaired) electrons. The standard InChI is InChI=1S/C20H21N5O7/c21-20-24-15-14(18(30)25-20)11(17(29)23-15)6-3-9-1-4-10(5-2-9)16(28)22-12(19(31)32)7-8-13(26)27/h1-2,4-5,11-12H,3,6-8H2,(H,22,28)(H,26,27)(H,31,32)(H4,21,23,24,25,29,30)/t11-,12+/m1/s1. The molecule has 1 aromatic heterocycles. The van der Waals surface area contributed by atoms with Crippen LogP contribution in [0.2, 0.25) is 0 Å². The van der Waals surface area contributed by atoms with Crippen molar-refractivity contribution >= 4 is 35.5 Å². The molecule has 0 spiro atoms. The van der Waals surface area contributed by atoms with E-state index in [4.69, 9.17) is 15.9 Å². The number of fused-ring (bicyclic) bond motifs is 1. The minimum Gasteiger partial charge on any atom is -0.481 e. The van der Waals surface area contributed by atoms with Gasteiger partial charge in [-0.1, -0.05) is 12.1 Å². The maximum atomic E-state index is 12.3. The second-order valence-electron chi connectivity index (χ2n) is 7.29. The number of aromatic amines is 1. The van der Waals surface area contributed by atoms with Crippen molar-refractivity contribution in [2.24, 2.45) is 0 Å². The van der Waals surface area contributed by atoms with Crippen LogP contribution in [0.5, 0.6) is 0 Å². The number of anilines is 2. The highest BCUT2D eigenvalue weighted by Crippen LogP contribution is 2.31. The highest BCUT2D eigenvalue weighted by atomic mass is 16.4. The molecule has 1 aliphatic heterocycles. The Bertz CT molecular complexity index is 1130. The molecule has 1 aromatic carbocycles. The van der Waals surface area contributed by atoms with Crippen LogP contribution in [0.25, 0.3) is 0 Å². The van der Waals surface area contributed by atoms with Crippen LogP contribution in [0.1, 0.15) is 46.7 Å². The minimum atomic E-state index is -1.32. The molecule has 0 unspecified atom stereocenters. The van der Waals surface area contributed by atoms with Gasteiger partial charge in [-0.15, -0.1) is 0 Å². The fraction of sp³-hybridized carbons (Fsp3) is 0.300. The van der Waals surface area contributed by atoms with Gasteiger partial charge in [0.1, 0.15) is 11.9 Å². The molecular formula is C20H21N5O7. The van der Waals surface area contributed by atoms with Crippen molar-refractivity contribution in [2.75, 3.05) is 11.1 Å². The van der Waals surface area contributed by atoms with Gasteiger partial charge in [0.2, 0.25) is 11.9 Å². The zero-order valence-electron chi connectivity index (χ0n) is 16.8. The van der Waals surface area contributed by atoms with Crippen LogP contribution in [-0.4, -0.2) is 50.0 Å². The first-order valence-electron chi connectivity index (χ1n) is 9.70. The maximum Gasteiger partial charge on any atom is 0.326 e. The Hall–Kier alpha value is -4.22. The van der Waals surface area contributed by atoms with Gasteiger partial charge in [-0.05, 0) is 37.0 Å². The van der Waals surface area contributed by atoms with Crippen molar-refractivity contribution in [3.63, 3.8) is 0 Å². The molecule has 3 rings (SSSR count). The number of nitrogens with two attached hydrogens (primary N) is 1. The number of rotatable bonds is 9. The Balaban J connectivity index is 1.62. The van der Waals surface area contributed by atoms with Gasteiger partial charge in [-0.3, -0.25) is 24.2 Å². The maximum absolute atomic E-state index is 12.3. The molecule has 12 heteroatoms. The number of carboxylic acid groups (broad SMARTS) is 2. The normalized spacial score (nSPS) is 15.5. The number of nitrogens with one attached hydrogen (secondary N) is 3. The predicted octanol–water partition coefficient (Wildman–Crippen LogP) is 0.0684. The monoisotopic (exact) mass is 443 g/mol. The van der Waals surface area contributed by atoms with Crippen molar-refractivity contribution in [3.8, 4) is 0 Å². The van der Waals surface area contributed by atoms with E-state index in [2.05, 4.69) is 20.6 Å². The highest BCUT2D eigenvalue weighted by molar-refractivity contribution is 6.01. The van der Waals surface area contributed by atoms with Crippen molar-refractivity contribution in [1.29, 1.82) is 0 Å². The molecule has 2 atom stereocenters. The lowest BCUT2D eigenvalue weighted by molar-refractivity contribution is -0.140. The Morgan fingerprint density at radius 3 is 2.47 bits per heavy atom. The number of hydrogen-bond acceptors (Lipinski definition) is 7. The van der Waals surface area contributed by atoms with Gasteiger partial charge >= 0.3 is 11.9 Å². The fourth-order valence-corrected chi connectivity index (χ4v) is 3.43. The first-order chi connectivity index (χ1) is 15.2. The number of benzene rings is 1. The minimum absolute atomic E-state index is 0.0864. The van der Waals surface area contributed by atoms with E-state index in [1.54, 1.807) is 12.1 Å². The Morgan fingerprint density at radius 1 is 1.16 bits per heavy atom. The molecule has 1 aliphatic rings. The Labute approximate surface area is 180 Å². The lowest BCUT2D eigenvalue weighted by atomic mass is 9.94. The van der Waals surface area contributed by atoms with Crippen molar-refractivity contribution < 1.29 is 29.4 Å². The zero-order chi connectivity index (χ0) is 23.4. The van der Waals surface area contributed by atoms with Crippen LogP contribution in [0.3, 0.4) is 0 Å². The van der Waals surface area contributed by atoms with Gasteiger partial charge in [0, 0.05) is 12.0 Å². The number of carbonyl (C=O) groups is 4. The van der Waals surface area contributed by atoms with Crippen LogP contribution in [-0.2, 0) is 20.8 Å². The lowest BCUT2D eigenvalue weighted by Crippen LogP contribution is -2.41. The molecule has 7 N–H and O–H groups in total. The van der Waals surface area contributed by atoms with Crippen molar-refractivity contribution in [1.82, 2.24) is 15.3 Å². The van der Waals surface area contributed by atoms with Gasteiger partial charge in [0.05, 0.1) is 11.5 Å². The highest BCUT2D eigenvalue weighted by Gasteiger charge is 2.34. The molecule has 2 amide bonds. The summed E-state index contributed by atoms with van der Waals surface area (Å²) in [5.74, 6) is -4.09. The number of hydrogen-bond donors (Lipinski definition) is 6. The first kappa shape index (κ1) is 22.5. The molecule has 168 valence electrons. The molecule has 0 saturated heterocycles. The molecule has 2 heterocycles. The third-order valence-electron chi connectivity index (χ3n) is 5.07. The van der Waals surface area contributed by atoms with Gasteiger partial charge in [-0.2, -0.15) is 4.98 Å². The van der Waals surface area contributed by atoms with E-state index < -0.39 is 35.4 Å². The lowest BCUT2D eigenvalue weighted by Gasteiger charge is -2.14. The predicted molar refractivity (Wildman–Crippen MR) is 111 cm³/mol. The number of nitrogen functional groups attached to an aromatic ring is 1. The number of amides is 2. The summed E-state index contributed by atoms with van der Waals surface area (Å²) in [5, 5.41) is 22.7.